The summed E-state index contributed by atoms with van der Waals surface area (Å²) in [4.78, 5) is 14.5. The zero-order valence-corrected chi connectivity index (χ0v) is 10.9. The minimum Gasteiger partial charge on any atom is -0.469 e. The number of pyridine rings is 1. The highest BCUT2D eigenvalue weighted by Crippen LogP contribution is 2.31. The number of aromatic nitrogens is 1. The van der Waals surface area contributed by atoms with Crippen molar-refractivity contribution in [3.8, 4) is 5.88 Å². The van der Waals surface area contributed by atoms with Crippen molar-refractivity contribution in [1.29, 1.82) is 0 Å². The summed E-state index contributed by atoms with van der Waals surface area (Å²) in [5.41, 5.74) is 0.660. The van der Waals surface area contributed by atoms with E-state index in [2.05, 4.69) is 4.98 Å². The van der Waals surface area contributed by atoms with Gasteiger partial charge in [-0.05, 0) is 44.1 Å². The van der Waals surface area contributed by atoms with Crippen LogP contribution >= 0.6 is 0 Å². The number of hydrogen-bond acceptors (Lipinski definition) is 5. The highest BCUT2D eigenvalue weighted by molar-refractivity contribution is 5.42. The third-order valence-corrected chi connectivity index (χ3v) is 3.50. The Balaban J connectivity index is 2.05. The largest absolute Gasteiger partial charge is 0.469 e. The van der Waals surface area contributed by atoms with Crippen LogP contribution in [0.3, 0.4) is 0 Å². The molecule has 1 heterocycles. The molecule has 1 fully saturated rings. The van der Waals surface area contributed by atoms with E-state index in [1.807, 2.05) is 0 Å². The second-order valence-corrected chi connectivity index (χ2v) is 5.04. The van der Waals surface area contributed by atoms with Gasteiger partial charge in [0.05, 0.1) is 4.92 Å². The van der Waals surface area contributed by atoms with E-state index in [4.69, 9.17) is 9.84 Å². The molecule has 6 nitrogen and oxygen atoms in total. The van der Waals surface area contributed by atoms with Crippen LogP contribution in [-0.2, 0) is 0 Å². The van der Waals surface area contributed by atoms with Gasteiger partial charge < -0.3 is 9.84 Å². The Morgan fingerprint density at radius 3 is 2.74 bits per heavy atom. The van der Waals surface area contributed by atoms with Crippen LogP contribution in [0.1, 0.15) is 31.2 Å². The van der Waals surface area contributed by atoms with Crippen LogP contribution in [0, 0.1) is 23.0 Å². The van der Waals surface area contributed by atoms with Crippen LogP contribution in [0.15, 0.2) is 12.3 Å². The maximum absolute atomic E-state index is 11.0. The normalized spacial score (nSPS) is 23.1. The van der Waals surface area contributed by atoms with Crippen molar-refractivity contribution in [3.63, 3.8) is 0 Å². The fourth-order valence-electron chi connectivity index (χ4n) is 2.35. The Hall–Kier alpha value is -1.69. The molecule has 0 atom stereocenters. The molecule has 19 heavy (non-hydrogen) atoms. The van der Waals surface area contributed by atoms with Crippen molar-refractivity contribution in [3.05, 3.63) is 27.9 Å². The van der Waals surface area contributed by atoms with Crippen LogP contribution in [0.5, 0.6) is 5.88 Å². The standard InChI is InChI=1S/C13H18N2O4/c1-9-6-12(15(17)18)13(14-7-9)19-11-4-2-10(8-16)3-5-11/h6-7,10-11,16H,2-5,8H2,1H3. The second kappa shape index (κ2) is 5.97. The van der Waals surface area contributed by atoms with Crippen molar-refractivity contribution in [2.75, 3.05) is 6.61 Å². The molecule has 104 valence electrons. The van der Waals surface area contributed by atoms with Crippen LogP contribution in [0.4, 0.5) is 5.69 Å². The van der Waals surface area contributed by atoms with Crippen molar-refractivity contribution >= 4 is 5.69 Å². The number of hydrogen-bond donors (Lipinski definition) is 1. The van der Waals surface area contributed by atoms with E-state index in [1.54, 1.807) is 13.1 Å². The predicted octanol–water partition coefficient (Wildman–Crippen LogP) is 2.23. The molecule has 1 aliphatic rings. The molecule has 1 aliphatic carbocycles. The molecule has 0 saturated heterocycles. The lowest BCUT2D eigenvalue weighted by Gasteiger charge is -2.27. The first-order valence-corrected chi connectivity index (χ1v) is 6.48. The molecule has 1 N–H and O–H groups in total. The topological polar surface area (TPSA) is 85.5 Å². The zero-order chi connectivity index (χ0) is 13.8. The zero-order valence-electron chi connectivity index (χ0n) is 10.9. The number of aliphatic hydroxyl groups excluding tert-OH is 1. The Morgan fingerprint density at radius 2 is 2.16 bits per heavy atom. The van der Waals surface area contributed by atoms with Gasteiger partial charge in [0, 0.05) is 18.9 Å². The molecule has 2 rings (SSSR count). The molecule has 0 aromatic carbocycles. The Labute approximate surface area is 111 Å². The molecule has 0 amide bonds. The lowest BCUT2D eigenvalue weighted by atomic mass is 9.88. The van der Waals surface area contributed by atoms with Gasteiger partial charge in [0.2, 0.25) is 0 Å². The van der Waals surface area contributed by atoms with Crippen molar-refractivity contribution < 1.29 is 14.8 Å². The van der Waals surface area contributed by atoms with E-state index in [-0.39, 0.29) is 24.3 Å². The van der Waals surface area contributed by atoms with Crippen LogP contribution < -0.4 is 4.74 Å². The average molecular weight is 266 g/mol. The number of aliphatic hydroxyl groups is 1. The van der Waals surface area contributed by atoms with Gasteiger partial charge in [-0.1, -0.05) is 0 Å². The van der Waals surface area contributed by atoms with Gasteiger partial charge in [0.25, 0.3) is 5.88 Å². The molecule has 0 aliphatic heterocycles. The number of ether oxygens (including phenoxy) is 1. The van der Waals surface area contributed by atoms with E-state index in [9.17, 15) is 10.1 Å². The number of rotatable bonds is 4. The average Bonchev–Trinajstić information content (AvgIpc) is 2.41. The number of aryl methyl sites for hydroxylation is 1. The summed E-state index contributed by atoms with van der Waals surface area (Å²) in [5, 5.41) is 20.0. The molecule has 0 spiro atoms. The Bertz CT molecular complexity index is 456. The van der Waals surface area contributed by atoms with E-state index in [1.165, 1.54) is 6.07 Å². The molecular formula is C13H18N2O4. The summed E-state index contributed by atoms with van der Waals surface area (Å²) in [6.07, 6.45) is 4.91. The molecule has 1 aromatic rings. The summed E-state index contributed by atoms with van der Waals surface area (Å²) in [6, 6.07) is 1.47. The summed E-state index contributed by atoms with van der Waals surface area (Å²) < 4.78 is 5.66. The summed E-state index contributed by atoms with van der Waals surface area (Å²) in [5.74, 6) is 0.434. The van der Waals surface area contributed by atoms with Gasteiger partial charge >= 0.3 is 5.69 Å². The van der Waals surface area contributed by atoms with E-state index >= 15 is 0 Å². The van der Waals surface area contributed by atoms with E-state index < -0.39 is 4.92 Å². The number of nitrogens with zero attached hydrogens (tertiary/aromatic N) is 2. The lowest BCUT2D eigenvalue weighted by Crippen LogP contribution is -2.26. The predicted molar refractivity (Wildman–Crippen MR) is 69.1 cm³/mol. The van der Waals surface area contributed by atoms with Gasteiger partial charge in [-0.2, -0.15) is 0 Å². The van der Waals surface area contributed by atoms with Gasteiger partial charge in [0.15, 0.2) is 0 Å². The van der Waals surface area contributed by atoms with Crippen molar-refractivity contribution in [1.82, 2.24) is 4.98 Å². The maximum Gasteiger partial charge on any atom is 0.331 e. The van der Waals surface area contributed by atoms with Gasteiger partial charge in [-0.25, -0.2) is 4.98 Å². The van der Waals surface area contributed by atoms with Gasteiger partial charge in [-0.3, -0.25) is 10.1 Å². The molecule has 6 heteroatoms. The Morgan fingerprint density at radius 1 is 1.47 bits per heavy atom. The monoisotopic (exact) mass is 266 g/mol. The first kappa shape index (κ1) is 13.7. The Kier molecular flexibility index (Phi) is 4.31. The van der Waals surface area contributed by atoms with Crippen molar-refractivity contribution in [2.24, 2.45) is 5.92 Å². The fourth-order valence-corrected chi connectivity index (χ4v) is 2.35. The third-order valence-electron chi connectivity index (χ3n) is 3.50. The minimum absolute atomic E-state index is 0.0447. The molecule has 0 bridgehead atoms. The fraction of sp³-hybridized carbons (Fsp3) is 0.615. The highest BCUT2D eigenvalue weighted by atomic mass is 16.6. The second-order valence-electron chi connectivity index (χ2n) is 5.04. The van der Waals surface area contributed by atoms with Crippen LogP contribution in [-0.4, -0.2) is 27.7 Å². The quantitative estimate of drug-likeness (QED) is 0.667. The minimum atomic E-state index is -0.464. The smallest absolute Gasteiger partial charge is 0.331 e. The summed E-state index contributed by atoms with van der Waals surface area (Å²) in [7, 11) is 0. The molecule has 1 saturated carbocycles. The van der Waals surface area contributed by atoms with Crippen LogP contribution in [0.25, 0.3) is 0 Å². The van der Waals surface area contributed by atoms with Gasteiger partial charge in [-0.15, -0.1) is 0 Å². The highest BCUT2D eigenvalue weighted by Gasteiger charge is 2.25. The molecule has 1 aromatic heterocycles. The maximum atomic E-state index is 11.0. The van der Waals surface area contributed by atoms with Crippen LogP contribution in [0.2, 0.25) is 0 Å². The summed E-state index contributed by atoms with van der Waals surface area (Å²) in [6.45, 7) is 1.96. The first-order chi connectivity index (χ1) is 9.10. The number of nitro groups is 1. The first-order valence-electron chi connectivity index (χ1n) is 6.48. The van der Waals surface area contributed by atoms with E-state index in [0.717, 1.165) is 31.2 Å². The van der Waals surface area contributed by atoms with Crippen molar-refractivity contribution in [2.45, 2.75) is 38.7 Å². The third kappa shape index (κ3) is 3.41. The van der Waals surface area contributed by atoms with Gasteiger partial charge in [0.1, 0.15) is 6.10 Å². The molecule has 0 radical (unpaired) electrons. The SMILES string of the molecule is Cc1cnc(OC2CCC(CO)CC2)c([N+](=O)[O-])c1. The lowest BCUT2D eigenvalue weighted by molar-refractivity contribution is -0.386. The molecular weight excluding hydrogens is 248 g/mol. The molecule has 0 unspecified atom stereocenters. The van der Waals surface area contributed by atoms with E-state index in [0.29, 0.717) is 5.92 Å². The summed E-state index contributed by atoms with van der Waals surface area (Å²) >= 11 is 0.